The van der Waals surface area contributed by atoms with E-state index in [2.05, 4.69) is 62.0 Å². The molecule has 152 valence electrons. The molecule has 0 bridgehead atoms. The third kappa shape index (κ3) is 5.47. The molecule has 0 aliphatic carbocycles. The number of carbonyl (C=O) groups excluding carboxylic acids is 1. The van der Waals surface area contributed by atoms with Gasteiger partial charge in [-0.1, -0.05) is 58.0 Å². The number of aryl methyl sites for hydroxylation is 1. The lowest BCUT2D eigenvalue weighted by Gasteiger charge is -2.14. The quantitative estimate of drug-likeness (QED) is 0.639. The van der Waals surface area contributed by atoms with Crippen LogP contribution in [0.2, 0.25) is 0 Å². The van der Waals surface area contributed by atoms with E-state index in [0.29, 0.717) is 12.3 Å². The van der Waals surface area contributed by atoms with Gasteiger partial charge in [-0.2, -0.15) is 0 Å². The van der Waals surface area contributed by atoms with Gasteiger partial charge in [0.15, 0.2) is 0 Å². The van der Waals surface area contributed by atoms with Crippen LogP contribution >= 0.6 is 0 Å². The van der Waals surface area contributed by atoms with E-state index >= 15 is 0 Å². The van der Waals surface area contributed by atoms with E-state index in [1.165, 1.54) is 0 Å². The zero-order chi connectivity index (χ0) is 20.9. The smallest absolute Gasteiger partial charge is 0.410 e. The number of hydrogen-bond donors (Lipinski definition) is 1. The minimum atomic E-state index is -0.440. The summed E-state index contributed by atoms with van der Waals surface area (Å²) in [7, 11) is 0. The van der Waals surface area contributed by atoms with Crippen LogP contribution < -0.4 is 10.1 Å². The average molecular weight is 392 g/mol. The highest BCUT2D eigenvalue weighted by atomic mass is 16.5. The number of para-hydroxylation sites is 1. The number of carbonyl (C=O) groups is 1. The van der Waals surface area contributed by atoms with Crippen LogP contribution in [-0.4, -0.2) is 22.2 Å². The fraction of sp³-hybridized carbons (Fsp3) is 0.333. The molecule has 1 heterocycles. The van der Waals surface area contributed by atoms with Crippen molar-refractivity contribution in [1.82, 2.24) is 14.9 Å². The summed E-state index contributed by atoms with van der Waals surface area (Å²) in [6.45, 7) is 9.16. The summed E-state index contributed by atoms with van der Waals surface area (Å²) in [5, 5.41) is 2.81. The first-order chi connectivity index (χ1) is 13.9. The maximum absolute atomic E-state index is 11.9. The van der Waals surface area contributed by atoms with Crippen molar-refractivity contribution in [3.8, 4) is 11.4 Å². The molecule has 0 radical (unpaired) electrons. The number of ether oxygens (including phenoxy) is 1. The molecule has 0 spiro atoms. The fourth-order valence-corrected chi connectivity index (χ4v) is 3.06. The molecule has 1 aromatic heterocycles. The van der Waals surface area contributed by atoms with Crippen molar-refractivity contribution < 1.29 is 9.53 Å². The predicted molar refractivity (Wildman–Crippen MR) is 116 cm³/mol. The Morgan fingerprint density at radius 1 is 1.10 bits per heavy atom. The molecule has 0 aliphatic rings. The lowest BCUT2D eigenvalue weighted by atomic mass is 9.93. The number of aromatic nitrogens is 2. The molecule has 0 saturated heterocycles. The molecule has 3 rings (SSSR count). The van der Waals surface area contributed by atoms with Crippen molar-refractivity contribution in [2.45, 2.75) is 46.0 Å². The predicted octanol–water partition coefficient (Wildman–Crippen LogP) is 5.06. The van der Waals surface area contributed by atoms with E-state index in [-0.39, 0.29) is 5.41 Å². The molecular weight excluding hydrogens is 362 g/mol. The van der Waals surface area contributed by atoms with Gasteiger partial charge < -0.3 is 14.6 Å². The van der Waals surface area contributed by atoms with Crippen molar-refractivity contribution in [2.24, 2.45) is 0 Å². The van der Waals surface area contributed by atoms with Gasteiger partial charge >= 0.3 is 6.09 Å². The normalized spacial score (nSPS) is 11.3. The number of hydrogen-bond acceptors (Lipinski definition) is 3. The largest absolute Gasteiger partial charge is 0.412 e. The van der Waals surface area contributed by atoms with Crippen LogP contribution in [0.15, 0.2) is 60.8 Å². The number of nitrogens with zero attached hydrogens (tertiary/aromatic N) is 2. The van der Waals surface area contributed by atoms with Crippen molar-refractivity contribution >= 4 is 6.09 Å². The highest BCUT2D eigenvalue weighted by Gasteiger charge is 2.19. The second kappa shape index (κ2) is 8.95. The van der Waals surface area contributed by atoms with E-state index in [1.807, 2.05) is 24.3 Å². The van der Waals surface area contributed by atoms with Crippen LogP contribution in [-0.2, 0) is 18.3 Å². The highest BCUT2D eigenvalue weighted by Crippen LogP contribution is 2.24. The van der Waals surface area contributed by atoms with Crippen LogP contribution in [0, 0.1) is 0 Å². The highest BCUT2D eigenvalue weighted by molar-refractivity contribution is 5.70. The molecule has 5 heteroatoms. The topological polar surface area (TPSA) is 56.2 Å². The van der Waals surface area contributed by atoms with Gasteiger partial charge in [0.2, 0.25) is 0 Å². The first-order valence-electron chi connectivity index (χ1n) is 10.1. The van der Waals surface area contributed by atoms with E-state index in [1.54, 1.807) is 12.1 Å². The Bertz CT molecular complexity index is 956. The Balaban J connectivity index is 1.64. The average Bonchev–Trinajstić information content (AvgIpc) is 3.14. The summed E-state index contributed by atoms with van der Waals surface area (Å²) in [4.78, 5) is 16.7. The molecule has 1 N–H and O–H groups in total. The van der Waals surface area contributed by atoms with Gasteiger partial charge in [0.1, 0.15) is 11.6 Å². The number of amides is 1. The monoisotopic (exact) mass is 391 g/mol. The molecule has 1 amide bonds. The lowest BCUT2D eigenvalue weighted by molar-refractivity contribution is 0.200. The van der Waals surface area contributed by atoms with E-state index < -0.39 is 6.09 Å². The number of nitrogens with one attached hydrogen (secondary N) is 1. The molecule has 5 nitrogen and oxygen atoms in total. The van der Waals surface area contributed by atoms with Crippen LogP contribution in [0.4, 0.5) is 4.79 Å². The molecule has 0 unspecified atom stereocenters. The summed E-state index contributed by atoms with van der Waals surface area (Å²) in [5.74, 6) is 1.59. The molecule has 2 aromatic carbocycles. The van der Waals surface area contributed by atoms with Gasteiger partial charge in [0.05, 0.1) is 5.69 Å². The van der Waals surface area contributed by atoms with Crippen LogP contribution in [0.25, 0.3) is 5.69 Å². The third-order valence-electron chi connectivity index (χ3n) is 4.69. The van der Waals surface area contributed by atoms with Crippen LogP contribution in [0.5, 0.6) is 5.75 Å². The van der Waals surface area contributed by atoms with Crippen molar-refractivity contribution in [2.75, 3.05) is 6.54 Å². The molecule has 0 saturated carbocycles. The van der Waals surface area contributed by atoms with Crippen molar-refractivity contribution in [1.29, 1.82) is 0 Å². The second-order valence-corrected chi connectivity index (χ2v) is 8.07. The molecular formula is C24H29N3O2. The van der Waals surface area contributed by atoms with E-state index in [9.17, 15) is 4.79 Å². The molecule has 0 fully saturated rings. The third-order valence-corrected chi connectivity index (χ3v) is 4.69. The lowest BCUT2D eigenvalue weighted by Crippen LogP contribution is -2.28. The zero-order valence-electron chi connectivity index (χ0n) is 17.6. The Labute approximate surface area is 172 Å². The summed E-state index contributed by atoms with van der Waals surface area (Å²) in [6.07, 6.45) is 3.28. The molecule has 0 aliphatic heterocycles. The Hall–Kier alpha value is -3.08. The maximum Gasteiger partial charge on any atom is 0.412 e. The van der Waals surface area contributed by atoms with Crippen LogP contribution in [0.1, 0.15) is 44.8 Å². The van der Waals surface area contributed by atoms with E-state index in [4.69, 9.17) is 9.72 Å². The summed E-state index contributed by atoms with van der Waals surface area (Å²) in [6, 6.07) is 17.4. The van der Waals surface area contributed by atoms with E-state index in [0.717, 1.165) is 35.6 Å². The number of imidazole rings is 1. The van der Waals surface area contributed by atoms with Gasteiger partial charge in [0.25, 0.3) is 0 Å². The SMILES string of the molecule is CCc1nc(C(C)(C)C)cn1-c1cccc(CCNC(=O)Oc2ccccc2)c1. The number of rotatable bonds is 6. The Kier molecular flexibility index (Phi) is 6.37. The van der Waals surface area contributed by atoms with Gasteiger partial charge in [0, 0.05) is 30.3 Å². The van der Waals surface area contributed by atoms with Gasteiger partial charge in [-0.15, -0.1) is 0 Å². The molecule has 29 heavy (non-hydrogen) atoms. The van der Waals surface area contributed by atoms with Crippen molar-refractivity contribution in [3.05, 3.63) is 77.9 Å². The first kappa shape index (κ1) is 20.6. The molecule has 0 atom stereocenters. The first-order valence-corrected chi connectivity index (χ1v) is 10.1. The standard InChI is InChI=1S/C24H29N3O2/c1-5-22-26-21(24(2,3)4)17-27(22)19-11-9-10-18(16-19)14-15-25-23(28)29-20-12-7-6-8-13-20/h6-13,16-17H,5,14-15H2,1-4H3,(H,25,28). The number of benzene rings is 2. The van der Waals surface area contributed by atoms with Crippen molar-refractivity contribution in [3.63, 3.8) is 0 Å². The molecule has 3 aromatic rings. The minimum Gasteiger partial charge on any atom is -0.410 e. The summed E-state index contributed by atoms with van der Waals surface area (Å²) < 4.78 is 7.42. The van der Waals surface area contributed by atoms with Gasteiger partial charge in [-0.25, -0.2) is 9.78 Å². The van der Waals surface area contributed by atoms with Crippen LogP contribution in [0.3, 0.4) is 0 Å². The van der Waals surface area contributed by atoms with Gasteiger partial charge in [-0.3, -0.25) is 0 Å². The Morgan fingerprint density at radius 2 is 1.86 bits per heavy atom. The van der Waals surface area contributed by atoms with Gasteiger partial charge in [-0.05, 0) is 36.2 Å². The fourth-order valence-electron chi connectivity index (χ4n) is 3.06. The Morgan fingerprint density at radius 3 is 2.55 bits per heavy atom. The summed E-state index contributed by atoms with van der Waals surface area (Å²) >= 11 is 0. The minimum absolute atomic E-state index is 0.00974. The summed E-state index contributed by atoms with van der Waals surface area (Å²) in [5.41, 5.74) is 3.34. The zero-order valence-corrected chi connectivity index (χ0v) is 17.6. The second-order valence-electron chi connectivity index (χ2n) is 8.07. The maximum atomic E-state index is 11.9.